The van der Waals surface area contributed by atoms with E-state index in [0.717, 1.165) is 11.3 Å². The lowest BCUT2D eigenvalue weighted by Gasteiger charge is -2.11. The fourth-order valence-electron chi connectivity index (χ4n) is 2.14. The third kappa shape index (κ3) is 3.54. The van der Waals surface area contributed by atoms with Crippen LogP contribution in [0.1, 0.15) is 12.5 Å². The van der Waals surface area contributed by atoms with Crippen molar-refractivity contribution < 1.29 is 4.79 Å². The molecule has 118 valence electrons. The minimum atomic E-state index is -0.348. The first-order chi connectivity index (χ1) is 11.3. The molecule has 0 aliphatic heterocycles. The lowest BCUT2D eigenvalue weighted by Crippen LogP contribution is -2.29. The van der Waals surface area contributed by atoms with Gasteiger partial charge in [0, 0.05) is 25.5 Å². The number of benzene rings is 1. The monoisotopic (exact) mass is 311 g/mol. The third-order valence-corrected chi connectivity index (χ3v) is 3.30. The summed E-state index contributed by atoms with van der Waals surface area (Å²) in [6, 6.07) is 7.46. The molecule has 2 amide bonds. The molecule has 23 heavy (non-hydrogen) atoms. The molecule has 1 aromatic carbocycles. The number of urea groups is 1. The minimum absolute atomic E-state index is 0.284. The summed E-state index contributed by atoms with van der Waals surface area (Å²) in [6.07, 6.45) is 6.87. The summed E-state index contributed by atoms with van der Waals surface area (Å²) in [5.41, 5.74) is 1.95. The van der Waals surface area contributed by atoms with Crippen molar-refractivity contribution in [1.29, 1.82) is 0 Å². The summed E-state index contributed by atoms with van der Waals surface area (Å²) in [6.45, 7) is 3.04. The Bertz CT molecular complexity index is 779. The summed E-state index contributed by atoms with van der Waals surface area (Å²) < 4.78 is 3.54. The molecular formula is C15H17N7O. The van der Waals surface area contributed by atoms with Crippen molar-refractivity contribution in [2.24, 2.45) is 0 Å². The van der Waals surface area contributed by atoms with Gasteiger partial charge in [-0.2, -0.15) is 0 Å². The van der Waals surface area contributed by atoms with Gasteiger partial charge < -0.3 is 9.88 Å². The molecule has 0 spiro atoms. The van der Waals surface area contributed by atoms with Gasteiger partial charge in [-0.1, -0.05) is 18.2 Å². The molecule has 0 atom stereocenters. The standard InChI is InChI=1S/C15H17N7O/c1-2-22-11-18-14(20-22)19-15(23)17-9-12-5-3-4-6-13(12)21-8-7-16-10-21/h3-8,10-11H,2,9H2,1H3,(H2,17,19,20,23). The maximum absolute atomic E-state index is 12.0. The molecule has 3 rings (SSSR count). The van der Waals surface area contributed by atoms with Crippen LogP contribution in [0.4, 0.5) is 10.7 Å². The number of hydrogen-bond acceptors (Lipinski definition) is 4. The van der Waals surface area contributed by atoms with Crippen LogP contribution < -0.4 is 10.6 Å². The van der Waals surface area contributed by atoms with Crippen LogP contribution in [-0.2, 0) is 13.1 Å². The number of imidazole rings is 1. The van der Waals surface area contributed by atoms with Gasteiger partial charge in [0.05, 0.1) is 12.0 Å². The molecule has 8 nitrogen and oxygen atoms in total. The van der Waals surface area contributed by atoms with Gasteiger partial charge in [-0.05, 0) is 18.6 Å². The Morgan fingerprint density at radius 1 is 1.26 bits per heavy atom. The largest absolute Gasteiger partial charge is 0.334 e. The lowest BCUT2D eigenvalue weighted by atomic mass is 10.2. The molecule has 0 aliphatic carbocycles. The Morgan fingerprint density at radius 2 is 2.13 bits per heavy atom. The average Bonchev–Trinajstić information content (AvgIpc) is 3.25. The van der Waals surface area contributed by atoms with Crippen molar-refractivity contribution in [2.45, 2.75) is 20.0 Å². The number of nitrogens with zero attached hydrogens (tertiary/aromatic N) is 5. The number of aromatic nitrogens is 5. The van der Waals surface area contributed by atoms with E-state index in [1.807, 2.05) is 42.0 Å². The fraction of sp³-hybridized carbons (Fsp3) is 0.200. The zero-order valence-corrected chi connectivity index (χ0v) is 12.7. The molecular weight excluding hydrogens is 294 g/mol. The van der Waals surface area contributed by atoms with Gasteiger partial charge in [-0.25, -0.2) is 14.8 Å². The second-order valence-electron chi connectivity index (χ2n) is 4.83. The van der Waals surface area contributed by atoms with Crippen molar-refractivity contribution in [1.82, 2.24) is 29.6 Å². The van der Waals surface area contributed by atoms with Gasteiger partial charge in [-0.3, -0.25) is 10.00 Å². The number of rotatable bonds is 5. The van der Waals surface area contributed by atoms with Gasteiger partial charge in [-0.15, -0.1) is 5.10 Å². The predicted molar refractivity (Wildman–Crippen MR) is 85.1 cm³/mol. The second-order valence-corrected chi connectivity index (χ2v) is 4.83. The highest BCUT2D eigenvalue weighted by atomic mass is 16.2. The van der Waals surface area contributed by atoms with Crippen LogP contribution in [0, 0.1) is 0 Å². The lowest BCUT2D eigenvalue weighted by molar-refractivity contribution is 0.251. The van der Waals surface area contributed by atoms with Gasteiger partial charge in [0.1, 0.15) is 6.33 Å². The highest BCUT2D eigenvalue weighted by Gasteiger charge is 2.08. The Hall–Kier alpha value is -3.16. The van der Waals surface area contributed by atoms with E-state index in [2.05, 4.69) is 25.7 Å². The number of carbonyl (C=O) groups excluding carboxylic acids is 1. The van der Waals surface area contributed by atoms with Crippen molar-refractivity contribution in [2.75, 3.05) is 5.32 Å². The van der Waals surface area contributed by atoms with Gasteiger partial charge in [0.2, 0.25) is 5.95 Å². The Morgan fingerprint density at radius 3 is 2.87 bits per heavy atom. The number of aryl methyl sites for hydroxylation is 1. The number of amides is 2. The highest BCUT2D eigenvalue weighted by molar-refractivity contribution is 5.87. The van der Waals surface area contributed by atoms with E-state index in [-0.39, 0.29) is 12.0 Å². The van der Waals surface area contributed by atoms with Gasteiger partial charge >= 0.3 is 6.03 Å². The Kier molecular flexibility index (Phi) is 4.32. The number of carbonyl (C=O) groups is 1. The van der Waals surface area contributed by atoms with E-state index in [0.29, 0.717) is 13.1 Å². The first-order valence-electron chi connectivity index (χ1n) is 7.27. The summed E-state index contributed by atoms with van der Waals surface area (Å²) >= 11 is 0. The zero-order chi connectivity index (χ0) is 16.1. The highest BCUT2D eigenvalue weighted by Crippen LogP contribution is 2.13. The van der Waals surface area contributed by atoms with E-state index < -0.39 is 0 Å². The number of nitrogens with one attached hydrogen (secondary N) is 2. The summed E-state index contributed by atoms with van der Waals surface area (Å²) in [7, 11) is 0. The maximum Gasteiger partial charge on any atom is 0.321 e. The van der Waals surface area contributed by atoms with Gasteiger partial charge in [0.15, 0.2) is 0 Å². The molecule has 0 saturated carbocycles. The van der Waals surface area contributed by atoms with Crippen LogP contribution in [0.3, 0.4) is 0 Å². The molecule has 3 aromatic rings. The molecule has 8 heteroatoms. The number of anilines is 1. The van der Waals surface area contributed by atoms with Crippen LogP contribution in [0.15, 0.2) is 49.3 Å². The van der Waals surface area contributed by atoms with E-state index in [1.54, 1.807) is 23.5 Å². The van der Waals surface area contributed by atoms with Crippen molar-refractivity contribution in [3.8, 4) is 5.69 Å². The predicted octanol–water partition coefficient (Wildman–Crippen LogP) is 1.81. The van der Waals surface area contributed by atoms with Crippen LogP contribution in [-0.4, -0.2) is 30.3 Å². The molecule has 2 N–H and O–H groups in total. The van der Waals surface area contributed by atoms with Crippen LogP contribution in [0.25, 0.3) is 5.69 Å². The quantitative estimate of drug-likeness (QED) is 0.752. The summed E-state index contributed by atoms with van der Waals surface area (Å²) in [5.74, 6) is 0.284. The molecule has 0 fully saturated rings. The summed E-state index contributed by atoms with van der Waals surface area (Å²) in [5, 5.41) is 9.52. The first-order valence-corrected chi connectivity index (χ1v) is 7.27. The number of para-hydroxylation sites is 1. The normalized spacial score (nSPS) is 10.5. The van der Waals surface area contributed by atoms with Crippen LogP contribution in [0.2, 0.25) is 0 Å². The Balaban J connectivity index is 1.63. The van der Waals surface area contributed by atoms with Crippen LogP contribution in [0.5, 0.6) is 0 Å². The summed E-state index contributed by atoms with van der Waals surface area (Å²) in [4.78, 5) is 20.0. The first kappa shape index (κ1) is 14.8. The molecule has 0 unspecified atom stereocenters. The molecule has 0 bridgehead atoms. The topological polar surface area (TPSA) is 89.7 Å². The van der Waals surface area contributed by atoms with E-state index >= 15 is 0 Å². The zero-order valence-electron chi connectivity index (χ0n) is 12.7. The van der Waals surface area contributed by atoms with E-state index in [1.165, 1.54) is 0 Å². The second kappa shape index (κ2) is 6.73. The van der Waals surface area contributed by atoms with Crippen LogP contribution >= 0.6 is 0 Å². The Labute approximate surface area is 133 Å². The molecule has 2 heterocycles. The minimum Gasteiger partial charge on any atom is -0.334 e. The molecule has 0 saturated heterocycles. The average molecular weight is 311 g/mol. The fourth-order valence-corrected chi connectivity index (χ4v) is 2.14. The van der Waals surface area contributed by atoms with Crippen molar-refractivity contribution >= 4 is 12.0 Å². The van der Waals surface area contributed by atoms with Crippen molar-refractivity contribution in [3.05, 3.63) is 54.9 Å². The maximum atomic E-state index is 12.0. The molecule has 2 aromatic heterocycles. The third-order valence-electron chi connectivity index (χ3n) is 3.30. The molecule has 0 radical (unpaired) electrons. The number of hydrogen-bond donors (Lipinski definition) is 2. The van der Waals surface area contributed by atoms with E-state index in [9.17, 15) is 4.79 Å². The smallest absolute Gasteiger partial charge is 0.321 e. The SMILES string of the molecule is CCn1cnc(NC(=O)NCc2ccccc2-n2ccnc2)n1. The van der Waals surface area contributed by atoms with Crippen molar-refractivity contribution in [3.63, 3.8) is 0 Å². The molecule has 0 aliphatic rings. The van der Waals surface area contributed by atoms with Gasteiger partial charge in [0.25, 0.3) is 0 Å². The van der Waals surface area contributed by atoms with E-state index in [4.69, 9.17) is 0 Å².